The Morgan fingerprint density at radius 3 is 2.62 bits per heavy atom. The number of hydrogen-bond donors (Lipinski definition) is 0. The molecule has 2 aromatic carbocycles. The Balaban J connectivity index is 1.73. The van der Waals surface area contributed by atoms with Gasteiger partial charge >= 0.3 is 11.6 Å². The van der Waals surface area contributed by atoms with Crippen molar-refractivity contribution in [2.45, 2.75) is 13.5 Å². The Bertz CT molecular complexity index is 1010. The van der Waals surface area contributed by atoms with E-state index in [-0.39, 0.29) is 6.61 Å². The van der Waals surface area contributed by atoms with Gasteiger partial charge in [0.05, 0.1) is 7.11 Å². The SMILES string of the molecule is COc1ccc2c(COC(=O)/C=C/c3ccc(C)cc3)cc(=O)oc2c1. The second-order valence-corrected chi connectivity index (χ2v) is 5.80. The number of benzene rings is 2. The van der Waals surface area contributed by atoms with Crippen LogP contribution in [0.2, 0.25) is 0 Å². The van der Waals surface area contributed by atoms with Crippen molar-refractivity contribution in [1.29, 1.82) is 0 Å². The topological polar surface area (TPSA) is 65.7 Å². The van der Waals surface area contributed by atoms with Gasteiger partial charge in [-0.15, -0.1) is 0 Å². The average molecular weight is 350 g/mol. The van der Waals surface area contributed by atoms with Crippen LogP contribution in [0.25, 0.3) is 17.0 Å². The smallest absolute Gasteiger partial charge is 0.336 e. The Hall–Kier alpha value is -3.34. The molecule has 1 heterocycles. The van der Waals surface area contributed by atoms with E-state index in [2.05, 4.69) is 0 Å². The molecule has 5 nitrogen and oxygen atoms in total. The lowest BCUT2D eigenvalue weighted by atomic mass is 10.1. The average Bonchev–Trinajstić information content (AvgIpc) is 2.64. The van der Waals surface area contributed by atoms with Crippen molar-refractivity contribution in [3.8, 4) is 5.75 Å². The van der Waals surface area contributed by atoms with Crippen LogP contribution in [-0.2, 0) is 16.1 Å². The molecule has 1 aromatic heterocycles. The number of ether oxygens (including phenoxy) is 2. The highest BCUT2D eigenvalue weighted by molar-refractivity contribution is 5.87. The molecule has 26 heavy (non-hydrogen) atoms. The fourth-order valence-electron chi connectivity index (χ4n) is 2.50. The zero-order valence-corrected chi connectivity index (χ0v) is 14.5. The Kier molecular flexibility index (Phi) is 5.17. The molecule has 0 N–H and O–H groups in total. The van der Waals surface area contributed by atoms with Gasteiger partial charge in [0.1, 0.15) is 17.9 Å². The summed E-state index contributed by atoms with van der Waals surface area (Å²) >= 11 is 0. The van der Waals surface area contributed by atoms with Gasteiger partial charge in [-0.25, -0.2) is 9.59 Å². The number of carbonyl (C=O) groups is 1. The summed E-state index contributed by atoms with van der Waals surface area (Å²) in [5.74, 6) is 0.0938. The molecule has 0 saturated carbocycles. The third kappa shape index (κ3) is 4.19. The van der Waals surface area contributed by atoms with Gasteiger partial charge in [-0.1, -0.05) is 29.8 Å². The van der Waals surface area contributed by atoms with Crippen LogP contribution >= 0.6 is 0 Å². The summed E-state index contributed by atoms with van der Waals surface area (Å²) in [6.45, 7) is 1.98. The predicted octanol–water partition coefficient (Wildman–Crippen LogP) is 3.87. The van der Waals surface area contributed by atoms with Gasteiger partial charge < -0.3 is 13.9 Å². The van der Waals surface area contributed by atoms with Crippen molar-refractivity contribution in [2.75, 3.05) is 7.11 Å². The predicted molar refractivity (Wildman–Crippen MR) is 99.0 cm³/mol. The molecule has 0 unspecified atom stereocenters. The molecule has 132 valence electrons. The van der Waals surface area contributed by atoms with Gasteiger partial charge in [0.15, 0.2) is 0 Å². The third-order valence-electron chi connectivity index (χ3n) is 3.90. The van der Waals surface area contributed by atoms with Gasteiger partial charge in [-0.2, -0.15) is 0 Å². The van der Waals surface area contributed by atoms with E-state index >= 15 is 0 Å². The van der Waals surface area contributed by atoms with E-state index in [1.165, 1.54) is 19.3 Å². The molecule has 0 aliphatic rings. The lowest BCUT2D eigenvalue weighted by Gasteiger charge is -2.07. The minimum absolute atomic E-state index is 0.0223. The highest BCUT2D eigenvalue weighted by Gasteiger charge is 2.09. The van der Waals surface area contributed by atoms with E-state index in [4.69, 9.17) is 13.9 Å². The molecule has 0 saturated heterocycles. The summed E-state index contributed by atoms with van der Waals surface area (Å²) in [6.07, 6.45) is 3.05. The van der Waals surface area contributed by atoms with Crippen molar-refractivity contribution in [3.05, 3.63) is 81.7 Å². The van der Waals surface area contributed by atoms with Crippen LogP contribution in [-0.4, -0.2) is 13.1 Å². The first-order valence-electron chi connectivity index (χ1n) is 8.07. The van der Waals surface area contributed by atoms with E-state index in [0.717, 1.165) is 11.1 Å². The lowest BCUT2D eigenvalue weighted by molar-refractivity contribution is -0.138. The molecule has 0 atom stereocenters. The lowest BCUT2D eigenvalue weighted by Crippen LogP contribution is -2.05. The number of esters is 1. The van der Waals surface area contributed by atoms with Crippen molar-refractivity contribution in [1.82, 2.24) is 0 Å². The largest absolute Gasteiger partial charge is 0.497 e. The van der Waals surface area contributed by atoms with Crippen LogP contribution in [0.1, 0.15) is 16.7 Å². The summed E-state index contributed by atoms with van der Waals surface area (Å²) in [4.78, 5) is 23.7. The van der Waals surface area contributed by atoms with Crippen LogP contribution in [0.5, 0.6) is 5.75 Å². The van der Waals surface area contributed by atoms with Crippen LogP contribution < -0.4 is 10.4 Å². The fourth-order valence-corrected chi connectivity index (χ4v) is 2.50. The highest BCUT2D eigenvalue weighted by atomic mass is 16.5. The quantitative estimate of drug-likeness (QED) is 0.397. The van der Waals surface area contributed by atoms with E-state index in [0.29, 0.717) is 22.3 Å². The zero-order valence-electron chi connectivity index (χ0n) is 14.5. The number of fused-ring (bicyclic) bond motifs is 1. The number of rotatable bonds is 5. The number of carbonyl (C=O) groups excluding carboxylic acids is 1. The normalized spacial score (nSPS) is 11.0. The van der Waals surface area contributed by atoms with Crippen molar-refractivity contribution in [3.63, 3.8) is 0 Å². The summed E-state index contributed by atoms with van der Waals surface area (Å²) in [6, 6.07) is 14.2. The van der Waals surface area contributed by atoms with Crippen LogP contribution in [0.15, 0.2) is 63.8 Å². The first-order chi connectivity index (χ1) is 12.5. The molecule has 3 rings (SSSR count). The minimum atomic E-state index is -0.507. The van der Waals surface area contributed by atoms with Gasteiger partial charge in [0, 0.05) is 29.2 Å². The van der Waals surface area contributed by atoms with Gasteiger partial charge in [-0.05, 0) is 30.7 Å². The van der Waals surface area contributed by atoms with Gasteiger partial charge in [0.2, 0.25) is 0 Å². The maximum atomic E-state index is 11.9. The number of hydrogen-bond acceptors (Lipinski definition) is 5. The standard InChI is InChI=1S/C21H18O5/c1-14-3-5-15(6-4-14)7-10-20(22)25-13-16-11-21(23)26-19-12-17(24-2)8-9-18(16)19/h3-12H,13H2,1-2H3/b10-7+. The Labute approximate surface area is 150 Å². The van der Waals surface area contributed by atoms with Crippen molar-refractivity contribution in [2.24, 2.45) is 0 Å². The first-order valence-corrected chi connectivity index (χ1v) is 8.07. The Morgan fingerprint density at radius 2 is 1.88 bits per heavy atom. The molecule has 0 amide bonds. The van der Waals surface area contributed by atoms with E-state index in [9.17, 15) is 9.59 Å². The molecule has 5 heteroatoms. The second-order valence-electron chi connectivity index (χ2n) is 5.80. The maximum Gasteiger partial charge on any atom is 0.336 e. The summed E-state index contributed by atoms with van der Waals surface area (Å²) < 4.78 is 15.6. The second kappa shape index (κ2) is 7.70. The summed E-state index contributed by atoms with van der Waals surface area (Å²) in [5.41, 5.74) is 2.52. The van der Waals surface area contributed by atoms with Crippen LogP contribution in [0, 0.1) is 6.92 Å². The molecule has 0 spiro atoms. The molecule has 0 aliphatic heterocycles. The molecular weight excluding hydrogens is 332 g/mol. The van der Waals surface area contributed by atoms with E-state index in [1.54, 1.807) is 24.3 Å². The minimum Gasteiger partial charge on any atom is -0.497 e. The van der Waals surface area contributed by atoms with Crippen molar-refractivity contribution < 1.29 is 18.7 Å². The van der Waals surface area contributed by atoms with Crippen LogP contribution in [0.3, 0.4) is 0 Å². The third-order valence-corrected chi connectivity index (χ3v) is 3.90. The zero-order chi connectivity index (χ0) is 18.5. The Morgan fingerprint density at radius 1 is 1.12 bits per heavy atom. The van der Waals surface area contributed by atoms with E-state index in [1.807, 2.05) is 31.2 Å². The molecule has 0 radical (unpaired) electrons. The molecule has 0 aliphatic carbocycles. The number of methoxy groups -OCH3 is 1. The number of aryl methyl sites for hydroxylation is 1. The van der Waals surface area contributed by atoms with Gasteiger partial charge in [0.25, 0.3) is 0 Å². The van der Waals surface area contributed by atoms with E-state index < -0.39 is 11.6 Å². The molecular formula is C21H18O5. The summed E-state index contributed by atoms with van der Waals surface area (Å²) in [7, 11) is 1.53. The van der Waals surface area contributed by atoms with Crippen molar-refractivity contribution >= 4 is 23.0 Å². The monoisotopic (exact) mass is 350 g/mol. The molecule has 0 bridgehead atoms. The molecule has 3 aromatic rings. The fraction of sp³-hybridized carbons (Fsp3) is 0.143. The molecule has 0 fully saturated rings. The highest BCUT2D eigenvalue weighted by Crippen LogP contribution is 2.23. The van der Waals surface area contributed by atoms with Crippen LogP contribution in [0.4, 0.5) is 0 Å². The first kappa shape index (κ1) is 17.5. The maximum absolute atomic E-state index is 11.9. The van der Waals surface area contributed by atoms with Gasteiger partial charge in [-0.3, -0.25) is 0 Å². The summed E-state index contributed by atoms with van der Waals surface area (Å²) in [5, 5.41) is 0.695.